The molecule has 138 valence electrons. The van der Waals surface area contributed by atoms with Crippen molar-refractivity contribution in [2.75, 3.05) is 26.2 Å². The first kappa shape index (κ1) is 19.0. The molecule has 1 aromatic rings. The lowest BCUT2D eigenvalue weighted by Gasteiger charge is -2.40. The van der Waals surface area contributed by atoms with Crippen LogP contribution in [0, 0.1) is 0 Å². The maximum atomic E-state index is 12.2. The second kappa shape index (κ2) is 9.22. The van der Waals surface area contributed by atoms with E-state index < -0.39 is 11.9 Å². The van der Waals surface area contributed by atoms with Gasteiger partial charge in [-0.3, -0.25) is 9.69 Å². The fourth-order valence-electron chi connectivity index (χ4n) is 3.29. The molecule has 1 saturated carbocycles. The van der Waals surface area contributed by atoms with Gasteiger partial charge in [0.15, 0.2) is 5.76 Å². The topological polar surface area (TPSA) is 111 Å². The van der Waals surface area contributed by atoms with Gasteiger partial charge in [0, 0.05) is 32.2 Å². The molecule has 0 spiro atoms. The number of furan rings is 1. The summed E-state index contributed by atoms with van der Waals surface area (Å²) in [4.78, 5) is 34.8. The van der Waals surface area contributed by atoms with Gasteiger partial charge in [-0.1, -0.05) is 19.3 Å². The minimum absolute atomic E-state index is 0.0355. The third-order valence-electron chi connectivity index (χ3n) is 4.61. The first-order chi connectivity index (χ1) is 12.0. The van der Waals surface area contributed by atoms with Crippen LogP contribution in [0.3, 0.4) is 0 Å². The molecule has 8 nitrogen and oxygen atoms in total. The van der Waals surface area contributed by atoms with Crippen LogP contribution in [0.2, 0.25) is 0 Å². The van der Waals surface area contributed by atoms with Gasteiger partial charge in [-0.15, -0.1) is 0 Å². The largest absolute Gasteiger partial charge is 0.473 e. The zero-order valence-electron chi connectivity index (χ0n) is 14.1. The molecule has 8 heteroatoms. The van der Waals surface area contributed by atoms with Gasteiger partial charge < -0.3 is 19.5 Å². The van der Waals surface area contributed by atoms with E-state index >= 15 is 0 Å². The van der Waals surface area contributed by atoms with Gasteiger partial charge in [-0.25, -0.2) is 9.59 Å². The quantitative estimate of drug-likeness (QED) is 0.776. The van der Waals surface area contributed by atoms with Crippen molar-refractivity contribution >= 4 is 17.8 Å². The van der Waals surface area contributed by atoms with Gasteiger partial charge in [0.1, 0.15) is 0 Å². The Morgan fingerprint density at radius 2 is 1.56 bits per heavy atom. The minimum Gasteiger partial charge on any atom is -0.473 e. The van der Waals surface area contributed by atoms with E-state index in [0.29, 0.717) is 5.76 Å². The summed E-state index contributed by atoms with van der Waals surface area (Å²) >= 11 is 0. The molecule has 0 aromatic carbocycles. The van der Waals surface area contributed by atoms with Crippen LogP contribution < -0.4 is 0 Å². The van der Waals surface area contributed by atoms with Crippen LogP contribution in [0.5, 0.6) is 0 Å². The third-order valence-corrected chi connectivity index (χ3v) is 4.61. The molecule has 3 rings (SSSR count). The SMILES string of the molecule is O=C(O)C(=O)O.O=C(c1ccco1)N1CCN(C2CCCCC2)CC1. The van der Waals surface area contributed by atoms with E-state index in [0.717, 1.165) is 32.2 Å². The van der Waals surface area contributed by atoms with Crippen LogP contribution in [0.1, 0.15) is 42.7 Å². The van der Waals surface area contributed by atoms with Crippen molar-refractivity contribution in [2.24, 2.45) is 0 Å². The van der Waals surface area contributed by atoms with Crippen LogP contribution in [0.25, 0.3) is 0 Å². The smallest absolute Gasteiger partial charge is 0.414 e. The summed E-state index contributed by atoms with van der Waals surface area (Å²) in [5, 5.41) is 14.8. The molecular formula is C17H24N2O6. The Labute approximate surface area is 146 Å². The first-order valence-electron chi connectivity index (χ1n) is 8.52. The van der Waals surface area contributed by atoms with Crippen molar-refractivity contribution in [3.05, 3.63) is 24.2 Å². The summed E-state index contributed by atoms with van der Waals surface area (Å²) in [5.41, 5.74) is 0. The summed E-state index contributed by atoms with van der Waals surface area (Å²) < 4.78 is 5.19. The summed E-state index contributed by atoms with van der Waals surface area (Å²) in [6, 6.07) is 4.27. The number of carbonyl (C=O) groups is 3. The molecule has 0 atom stereocenters. The highest BCUT2D eigenvalue weighted by Crippen LogP contribution is 2.23. The highest BCUT2D eigenvalue weighted by molar-refractivity contribution is 6.27. The van der Waals surface area contributed by atoms with Crippen molar-refractivity contribution < 1.29 is 29.0 Å². The molecule has 1 saturated heterocycles. The molecule has 1 amide bonds. The second-order valence-corrected chi connectivity index (χ2v) is 6.21. The molecule has 2 N–H and O–H groups in total. The van der Waals surface area contributed by atoms with E-state index in [4.69, 9.17) is 24.2 Å². The van der Waals surface area contributed by atoms with Crippen molar-refractivity contribution in [1.82, 2.24) is 9.80 Å². The van der Waals surface area contributed by atoms with Gasteiger partial charge in [0.05, 0.1) is 6.26 Å². The number of carboxylic acid groups (broad SMARTS) is 2. The number of nitrogens with zero attached hydrogens (tertiary/aromatic N) is 2. The second-order valence-electron chi connectivity index (χ2n) is 6.21. The number of hydrogen-bond donors (Lipinski definition) is 2. The van der Waals surface area contributed by atoms with E-state index in [1.807, 2.05) is 4.90 Å². The molecule has 0 bridgehead atoms. The number of hydrogen-bond acceptors (Lipinski definition) is 5. The van der Waals surface area contributed by atoms with E-state index in [1.54, 1.807) is 18.4 Å². The summed E-state index contributed by atoms with van der Waals surface area (Å²) in [6.07, 6.45) is 8.38. The average molecular weight is 352 g/mol. The molecule has 0 radical (unpaired) electrons. The van der Waals surface area contributed by atoms with Gasteiger partial charge in [0.25, 0.3) is 5.91 Å². The number of rotatable bonds is 2. The Morgan fingerprint density at radius 1 is 0.960 bits per heavy atom. The minimum atomic E-state index is -1.82. The lowest BCUT2D eigenvalue weighted by atomic mass is 9.94. The molecule has 2 aliphatic rings. The summed E-state index contributed by atoms with van der Waals surface area (Å²) in [7, 11) is 0. The van der Waals surface area contributed by atoms with Crippen LogP contribution in [-0.4, -0.2) is 70.1 Å². The predicted molar refractivity (Wildman–Crippen MR) is 88.3 cm³/mol. The zero-order valence-corrected chi connectivity index (χ0v) is 14.1. The summed E-state index contributed by atoms with van der Waals surface area (Å²) in [6.45, 7) is 3.68. The lowest BCUT2D eigenvalue weighted by Crippen LogP contribution is -2.52. The van der Waals surface area contributed by atoms with Gasteiger partial charge >= 0.3 is 11.9 Å². The monoisotopic (exact) mass is 352 g/mol. The van der Waals surface area contributed by atoms with Crippen molar-refractivity contribution in [3.8, 4) is 0 Å². The normalized spacial score (nSPS) is 19.0. The van der Waals surface area contributed by atoms with Gasteiger partial charge in [0.2, 0.25) is 0 Å². The van der Waals surface area contributed by atoms with Crippen LogP contribution >= 0.6 is 0 Å². The number of aliphatic carboxylic acids is 2. The number of carboxylic acids is 2. The van der Waals surface area contributed by atoms with Crippen molar-refractivity contribution in [2.45, 2.75) is 38.1 Å². The van der Waals surface area contributed by atoms with E-state index in [1.165, 1.54) is 32.1 Å². The number of amides is 1. The van der Waals surface area contributed by atoms with Gasteiger partial charge in [-0.2, -0.15) is 0 Å². The molecule has 2 heterocycles. The Morgan fingerprint density at radius 3 is 2.04 bits per heavy atom. The van der Waals surface area contributed by atoms with Crippen LogP contribution in [0.15, 0.2) is 22.8 Å². The number of piperazine rings is 1. The zero-order chi connectivity index (χ0) is 18.2. The Balaban J connectivity index is 0.000000326. The summed E-state index contributed by atoms with van der Waals surface area (Å²) in [5.74, 6) is -3.15. The highest BCUT2D eigenvalue weighted by Gasteiger charge is 2.28. The molecule has 0 unspecified atom stereocenters. The predicted octanol–water partition coefficient (Wildman–Crippen LogP) is 1.53. The van der Waals surface area contributed by atoms with E-state index in [-0.39, 0.29) is 5.91 Å². The van der Waals surface area contributed by atoms with Crippen molar-refractivity contribution in [3.63, 3.8) is 0 Å². The van der Waals surface area contributed by atoms with Crippen molar-refractivity contribution in [1.29, 1.82) is 0 Å². The maximum absolute atomic E-state index is 12.2. The first-order valence-corrected chi connectivity index (χ1v) is 8.52. The highest BCUT2D eigenvalue weighted by atomic mass is 16.4. The fourth-order valence-corrected chi connectivity index (χ4v) is 3.29. The molecule has 1 aromatic heterocycles. The van der Waals surface area contributed by atoms with Crippen LogP contribution in [-0.2, 0) is 9.59 Å². The molecule has 1 aliphatic heterocycles. The fraction of sp³-hybridized carbons (Fsp3) is 0.588. The third kappa shape index (κ3) is 5.60. The standard InChI is InChI=1S/C15H22N2O2.C2H2O4/c18-15(14-7-4-12-19-14)17-10-8-16(9-11-17)13-5-2-1-3-6-13;3-1(4)2(5)6/h4,7,12-13H,1-3,5-6,8-11H2;(H,3,4)(H,5,6). The molecular weight excluding hydrogens is 328 g/mol. The Kier molecular flexibility index (Phi) is 7.00. The Bertz CT molecular complexity index is 560. The van der Waals surface area contributed by atoms with Gasteiger partial charge in [-0.05, 0) is 25.0 Å². The van der Waals surface area contributed by atoms with Crippen LogP contribution in [0.4, 0.5) is 0 Å². The molecule has 2 fully saturated rings. The molecule has 25 heavy (non-hydrogen) atoms. The lowest BCUT2D eigenvalue weighted by molar-refractivity contribution is -0.159. The Hall–Kier alpha value is -2.35. The van der Waals surface area contributed by atoms with E-state index in [2.05, 4.69) is 4.90 Å². The van der Waals surface area contributed by atoms with E-state index in [9.17, 15) is 4.79 Å². The maximum Gasteiger partial charge on any atom is 0.414 e. The average Bonchev–Trinajstić information content (AvgIpc) is 3.17. The molecule has 1 aliphatic carbocycles. The number of carbonyl (C=O) groups excluding carboxylic acids is 1.